The molecule has 0 saturated heterocycles. The van der Waals surface area contributed by atoms with E-state index in [0.717, 1.165) is 12.8 Å². The van der Waals surface area contributed by atoms with Crippen LogP contribution in [0.25, 0.3) is 11.3 Å². The zero-order chi connectivity index (χ0) is 23.7. The van der Waals surface area contributed by atoms with Gasteiger partial charge in [-0.1, -0.05) is 25.4 Å². The number of fused-ring (bicyclic) bond motifs is 3. The third kappa shape index (κ3) is 3.23. The number of alkyl halides is 1. The zero-order valence-corrected chi connectivity index (χ0v) is 19.3. The molecule has 33 heavy (non-hydrogen) atoms. The summed E-state index contributed by atoms with van der Waals surface area (Å²) in [7, 11) is 0. The van der Waals surface area contributed by atoms with Crippen LogP contribution >= 0.6 is 11.6 Å². The first-order chi connectivity index (χ1) is 15.5. The molecule has 0 spiro atoms. The van der Waals surface area contributed by atoms with Gasteiger partial charge >= 0.3 is 6.03 Å². The van der Waals surface area contributed by atoms with Gasteiger partial charge in [0.2, 0.25) is 0 Å². The fourth-order valence-electron chi connectivity index (χ4n) is 6.07. The van der Waals surface area contributed by atoms with Crippen LogP contribution in [0.5, 0.6) is 0 Å². The molecule has 7 nitrogen and oxygen atoms in total. The number of nitrogens with one attached hydrogen (secondary N) is 1. The molecule has 1 aromatic carbocycles. The van der Waals surface area contributed by atoms with Crippen LogP contribution in [0, 0.1) is 17.2 Å². The molecule has 3 amide bonds. The molecule has 2 fully saturated rings. The van der Waals surface area contributed by atoms with Gasteiger partial charge in [0.05, 0.1) is 34.9 Å². The number of benzene rings is 1. The van der Waals surface area contributed by atoms with Crippen molar-refractivity contribution in [3.63, 3.8) is 0 Å². The predicted octanol–water partition coefficient (Wildman–Crippen LogP) is 3.88. The van der Waals surface area contributed by atoms with Crippen molar-refractivity contribution >= 4 is 23.5 Å². The molecular weight excluding hydrogens is 452 g/mol. The fourth-order valence-corrected chi connectivity index (χ4v) is 6.25. The number of amides is 3. The maximum atomic E-state index is 14.5. The first-order valence-electron chi connectivity index (χ1n) is 11.1. The lowest BCUT2D eigenvalue weighted by atomic mass is 9.76. The molecule has 1 aromatic heterocycles. The number of rotatable bonds is 3. The minimum absolute atomic E-state index is 0.0489. The molecule has 2 saturated carbocycles. The van der Waals surface area contributed by atoms with Crippen LogP contribution in [0.15, 0.2) is 18.2 Å². The Balaban J connectivity index is 1.43. The number of halogens is 3. The number of carbonyl (C=O) groups is 2. The highest BCUT2D eigenvalue weighted by Crippen LogP contribution is 2.61. The molecule has 3 atom stereocenters. The van der Waals surface area contributed by atoms with Gasteiger partial charge in [0, 0.05) is 18.5 Å². The van der Waals surface area contributed by atoms with E-state index >= 15 is 0 Å². The number of hydrogen-bond donors (Lipinski definition) is 2. The van der Waals surface area contributed by atoms with E-state index < -0.39 is 23.4 Å². The molecule has 2 aliphatic carbocycles. The van der Waals surface area contributed by atoms with E-state index in [0.29, 0.717) is 36.5 Å². The normalized spacial score (nSPS) is 27.5. The van der Waals surface area contributed by atoms with Gasteiger partial charge in [-0.3, -0.25) is 9.48 Å². The van der Waals surface area contributed by atoms with Crippen LogP contribution in [0.3, 0.4) is 0 Å². The summed E-state index contributed by atoms with van der Waals surface area (Å²) in [5.41, 5.74) is 6.23. The minimum atomic E-state index is -0.914. The standard InChI is InChI=1S/C23H26ClF2N5O2/c1-22(2)13-5-6-23(22,10-16(13)26)28-21(33)30-7-8-31-17(11-30)18(20(27)32)19(29-31)12-3-4-15(25)14(24)9-12/h3-4,9,13,16H,5-8,10-11H2,1-2H3,(H2,27,32)(H,28,33). The summed E-state index contributed by atoms with van der Waals surface area (Å²) in [5, 5.41) is 7.57. The molecule has 176 valence electrons. The fraction of sp³-hybridized carbons (Fsp3) is 0.522. The summed E-state index contributed by atoms with van der Waals surface area (Å²) >= 11 is 5.92. The molecule has 2 aromatic rings. The number of aromatic nitrogens is 2. The lowest BCUT2D eigenvalue weighted by Gasteiger charge is -2.40. The second kappa shape index (κ2) is 7.41. The third-order valence-electron chi connectivity index (χ3n) is 8.08. The monoisotopic (exact) mass is 477 g/mol. The molecule has 3 aliphatic rings. The van der Waals surface area contributed by atoms with Crippen molar-refractivity contribution in [3.05, 3.63) is 40.3 Å². The van der Waals surface area contributed by atoms with E-state index in [2.05, 4.69) is 10.4 Å². The summed E-state index contributed by atoms with van der Waals surface area (Å²) < 4.78 is 29.8. The van der Waals surface area contributed by atoms with Crippen LogP contribution < -0.4 is 11.1 Å². The van der Waals surface area contributed by atoms with Crippen molar-refractivity contribution in [3.8, 4) is 11.3 Å². The minimum Gasteiger partial charge on any atom is -0.365 e. The first-order valence-corrected chi connectivity index (χ1v) is 11.5. The van der Waals surface area contributed by atoms with Gasteiger partial charge in [0.25, 0.3) is 5.91 Å². The van der Waals surface area contributed by atoms with Crippen LogP contribution in [0.2, 0.25) is 5.02 Å². The average molecular weight is 478 g/mol. The number of carbonyl (C=O) groups excluding carboxylic acids is 2. The Morgan fingerprint density at radius 1 is 1.30 bits per heavy atom. The molecular formula is C23H26ClF2N5O2. The highest BCUT2D eigenvalue weighted by molar-refractivity contribution is 6.31. The van der Waals surface area contributed by atoms with Gasteiger partial charge in [0.15, 0.2) is 0 Å². The Morgan fingerprint density at radius 2 is 2.06 bits per heavy atom. The van der Waals surface area contributed by atoms with Gasteiger partial charge < -0.3 is 16.0 Å². The third-order valence-corrected chi connectivity index (χ3v) is 8.37. The van der Waals surface area contributed by atoms with E-state index in [1.807, 2.05) is 13.8 Å². The maximum absolute atomic E-state index is 14.5. The quantitative estimate of drug-likeness (QED) is 0.702. The Labute approximate surface area is 195 Å². The van der Waals surface area contributed by atoms with Gasteiger partial charge in [-0.15, -0.1) is 0 Å². The number of urea groups is 1. The summed E-state index contributed by atoms with van der Waals surface area (Å²) in [6.45, 7) is 4.93. The van der Waals surface area contributed by atoms with E-state index in [4.69, 9.17) is 17.3 Å². The van der Waals surface area contributed by atoms with Crippen molar-refractivity contribution in [2.45, 2.75) is 57.9 Å². The maximum Gasteiger partial charge on any atom is 0.318 e. The SMILES string of the molecule is CC1(C)C2CCC1(NC(=O)N1CCn3nc(-c4ccc(F)c(Cl)c4)c(C(N)=O)c3C1)CC2F. The Bertz CT molecular complexity index is 1170. The molecule has 3 N–H and O–H groups in total. The van der Waals surface area contributed by atoms with Crippen molar-refractivity contribution in [1.82, 2.24) is 20.0 Å². The van der Waals surface area contributed by atoms with Crippen molar-refractivity contribution in [2.75, 3.05) is 6.54 Å². The Hall–Kier alpha value is -2.68. The van der Waals surface area contributed by atoms with E-state index in [1.54, 1.807) is 9.58 Å². The molecule has 5 rings (SSSR count). The largest absolute Gasteiger partial charge is 0.365 e. The topological polar surface area (TPSA) is 93.2 Å². The number of primary amides is 1. The lowest BCUT2D eigenvalue weighted by molar-refractivity contribution is 0.0996. The molecule has 2 heterocycles. The highest BCUT2D eigenvalue weighted by atomic mass is 35.5. The van der Waals surface area contributed by atoms with Crippen molar-refractivity contribution < 1.29 is 18.4 Å². The second-order valence-corrected chi connectivity index (χ2v) is 10.3. The van der Waals surface area contributed by atoms with Gasteiger partial charge in [-0.2, -0.15) is 5.10 Å². The lowest BCUT2D eigenvalue weighted by Crippen LogP contribution is -2.57. The Kier molecular flexibility index (Phi) is 4.97. The molecule has 10 heteroatoms. The summed E-state index contributed by atoms with van der Waals surface area (Å²) in [6, 6.07) is 3.80. The number of hydrogen-bond acceptors (Lipinski definition) is 3. The smallest absolute Gasteiger partial charge is 0.318 e. The molecule has 3 unspecified atom stereocenters. The van der Waals surface area contributed by atoms with Crippen LogP contribution in [0.1, 0.15) is 49.2 Å². The average Bonchev–Trinajstić information content (AvgIpc) is 3.31. The molecule has 0 radical (unpaired) electrons. The van der Waals surface area contributed by atoms with Gasteiger partial charge in [-0.05, 0) is 42.4 Å². The molecule has 2 bridgehead atoms. The highest BCUT2D eigenvalue weighted by Gasteiger charge is 2.64. The summed E-state index contributed by atoms with van der Waals surface area (Å²) in [5.74, 6) is -1.32. The van der Waals surface area contributed by atoms with Crippen LogP contribution in [0.4, 0.5) is 13.6 Å². The number of nitrogens with two attached hydrogens (primary N) is 1. The van der Waals surface area contributed by atoms with Crippen LogP contribution in [-0.4, -0.2) is 44.9 Å². The summed E-state index contributed by atoms with van der Waals surface area (Å²) in [6.07, 6.45) is 0.925. The molecule has 1 aliphatic heterocycles. The Morgan fingerprint density at radius 3 is 2.67 bits per heavy atom. The second-order valence-electron chi connectivity index (χ2n) is 9.91. The summed E-state index contributed by atoms with van der Waals surface area (Å²) in [4.78, 5) is 27.2. The van der Waals surface area contributed by atoms with E-state index in [-0.39, 0.29) is 34.5 Å². The first kappa shape index (κ1) is 22.1. The van der Waals surface area contributed by atoms with E-state index in [9.17, 15) is 18.4 Å². The van der Waals surface area contributed by atoms with E-state index in [1.165, 1.54) is 18.2 Å². The van der Waals surface area contributed by atoms with Crippen molar-refractivity contribution in [1.29, 1.82) is 0 Å². The van der Waals surface area contributed by atoms with Crippen molar-refractivity contribution in [2.24, 2.45) is 17.1 Å². The predicted molar refractivity (Wildman–Crippen MR) is 119 cm³/mol. The van der Waals surface area contributed by atoms with Crippen LogP contribution in [-0.2, 0) is 13.1 Å². The van der Waals surface area contributed by atoms with Gasteiger partial charge in [-0.25, -0.2) is 13.6 Å². The van der Waals surface area contributed by atoms with Gasteiger partial charge in [0.1, 0.15) is 17.7 Å². The zero-order valence-electron chi connectivity index (χ0n) is 18.5. The number of nitrogens with zero attached hydrogens (tertiary/aromatic N) is 3.